The van der Waals surface area contributed by atoms with E-state index in [1.54, 1.807) is 12.5 Å². The van der Waals surface area contributed by atoms with Gasteiger partial charge in [0.1, 0.15) is 0 Å². The van der Waals surface area contributed by atoms with E-state index in [0.29, 0.717) is 6.42 Å². The minimum absolute atomic E-state index is 0.162. The fraction of sp³-hybridized carbons (Fsp3) is 1.00. The highest BCUT2D eigenvalue weighted by Crippen LogP contribution is 2.41. The fourth-order valence-electron chi connectivity index (χ4n) is 0.300. The molecule has 0 bridgehead atoms. The lowest BCUT2D eigenvalue weighted by atomic mass is 10.5. The Morgan fingerprint density at radius 2 is 2.40 bits per heavy atom. The molecular weight excluding hydrogens is 159 g/mol. The Morgan fingerprint density at radius 3 is 2.80 bits per heavy atom. The first-order valence-corrected chi connectivity index (χ1v) is 4.23. The smallest absolute Gasteiger partial charge is 0.301 e. The molecule has 0 saturated carbocycles. The van der Waals surface area contributed by atoms with Crippen LogP contribution in [-0.4, -0.2) is 11.5 Å². The summed E-state index contributed by atoms with van der Waals surface area (Å²) in [4.78, 5) is 8.61. The van der Waals surface area contributed by atoms with E-state index in [1.807, 2.05) is 0 Å². The van der Waals surface area contributed by atoms with Gasteiger partial charge in [0.05, 0.1) is 6.61 Å². The SMILES string of the molecule is CCCOP(=O)(O)ONN. The lowest BCUT2D eigenvalue weighted by Gasteiger charge is -2.08. The number of nitrogens with one attached hydrogen (secondary N) is 1. The van der Waals surface area contributed by atoms with Gasteiger partial charge in [-0.05, 0) is 6.42 Å². The van der Waals surface area contributed by atoms with Gasteiger partial charge in [0.15, 0.2) is 0 Å². The van der Waals surface area contributed by atoms with Crippen LogP contribution in [0, 0.1) is 0 Å². The van der Waals surface area contributed by atoms with E-state index in [2.05, 4.69) is 15.0 Å². The van der Waals surface area contributed by atoms with E-state index in [9.17, 15) is 4.57 Å². The molecule has 1 unspecified atom stereocenters. The highest BCUT2D eigenvalue weighted by atomic mass is 31.2. The van der Waals surface area contributed by atoms with E-state index >= 15 is 0 Å². The predicted octanol–water partition coefficient (Wildman–Crippen LogP) is -0.0917. The first-order chi connectivity index (χ1) is 4.62. The summed E-state index contributed by atoms with van der Waals surface area (Å²) in [5.41, 5.74) is 1.58. The molecular formula is C3H11N2O4P. The topological polar surface area (TPSA) is 93.8 Å². The molecule has 0 amide bonds. The minimum atomic E-state index is -3.95. The van der Waals surface area contributed by atoms with Gasteiger partial charge in [-0.3, -0.25) is 4.52 Å². The molecule has 0 fully saturated rings. The van der Waals surface area contributed by atoms with Gasteiger partial charge in [0.25, 0.3) is 0 Å². The lowest BCUT2D eigenvalue weighted by molar-refractivity contribution is 0.0974. The van der Waals surface area contributed by atoms with Crippen LogP contribution in [0.15, 0.2) is 0 Å². The highest BCUT2D eigenvalue weighted by molar-refractivity contribution is 7.47. The van der Waals surface area contributed by atoms with Crippen molar-refractivity contribution in [2.75, 3.05) is 6.61 Å². The molecule has 0 rings (SSSR count). The molecule has 0 aliphatic heterocycles. The standard InChI is InChI=1S/C3H11N2O4P/c1-2-3-8-10(6,7)9-5-4/h5H,2-4H2,1H3,(H,6,7). The summed E-state index contributed by atoms with van der Waals surface area (Å²) in [6.07, 6.45) is 0.637. The number of hydrogen-bond donors (Lipinski definition) is 3. The van der Waals surface area contributed by atoms with E-state index in [1.165, 1.54) is 0 Å². The van der Waals surface area contributed by atoms with Gasteiger partial charge in [-0.1, -0.05) is 6.92 Å². The molecule has 0 aliphatic rings. The van der Waals surface area contributed by atoms with Crippen LogP contribution in [0.3, 0.4) is 0 Å². The normalized spacial score (nSPS) is 16.7. The van der Waals surface area contributed by atoms with Gasteiger partial charge in [0, 0.05) is 0 Å². The third-order valence-corrected chi connectivity index (χ3v) is 1.47. The largest absolute Gasteiger partial charge is 0.489 e. The van der Waals surface area contributed by atoms with Crippen molar-refractivity contribution >= 4 is 7.82 Å². The Kier molecular flexibility index (Phi) is 4.80. The average Bonchev–Trinajstić information content (AvgIpc) is 1.84. The molecule has 0 heterocycles. The van der Waals surface area contributed by atoms with Gasteiger partial charge in [-0.15, -0.1) is 5.59 Å². The third-order valence-electron chi connectivity index (χ3n) is 0.627. The van der Waals surface area contributed by atoms with Crippen molar-refractivity contribution in [2.24, 2.45) is 5.84 Å². The molecule has 0 radical (unpaired) electrons. The molecule has 4 N–H and O–H groups in total. The van der Waals surface area contributed by atoms with E-state index in [0.717, 1.165) is 0 Å². The lowest BCUT2D eigenvalue weighted by Crippen LogP contribution is -2.21. The van der Waals surface area contributed by atoms with Crippen LogP contribution in [0.1, 0.15) is 13.3 Å². The second-order valence-electron chi connectivity index (χ2n) is 1.51. The fourth-order valence-corrected chi connectivity index (χ4v) is 0.899. The van der Waals surface area contributed by atoms with Crippen LogP contribution in [0.5, 0.6) is 0 Å². The first-order valence-electron chi connectivity index (χ1n) is 2.74. The Balaban J connectivity index is 3.53. The van der Waals surface area contributed by atoms with Gasteiger partial charge < -0.3 is 4.89 Å². The van der Waals surface area contributed by atoms with E-state index in [4.69, 9.17) is 4.89 Å². The number of phosphoric acid groups is 1. The van der Waals surface area contributed by atoms with Crippen molar-refractivity contribution < 1.29 is 18.6 Å². The number of hydrogen-bond acceptors (Lipinski definition) is 5. The molecule has 0 aromatic heterocycles. The zero-order valence-electron chi connectivity index (χ0n) is 5.61. The number of nitrogens with two attached hydrogens (primary N) is 1. The Bertz CT molecular complexity index is 130. The van der Waals surface area contributed by atoms with E-state index in [-0.39, 0.29) is 6.61 Å². The summed E-state index contributed by atoms with van der Waals surface area (Å²) in [6.45, 7) is 1.96. The first kappa shape index (κ1) is 10.0. The van der Waals surface area contributed by atoms with Crippen molar-refractivity contribution in [3.05, 3.63) is 0 Å². The molecule has 0 aromatic rings. The van der Waals surface area contributed by atoms with Crippen LogP contribution in [0.2, 0.25) is 0 Å². The summed E-state index contributed by atoms with van der Waals surface area (Å²) >= 11 is 0. The second kappa shape index (κ2) is 4.79. The van der Waals surface area contributed by atoms with Crippen molar-refractivity contribution in [3.8, 4) is 0 Å². The molecule has 0 spiro atoms. The van der Waals surface area contributed by atoms with Crippen molar-refractivity contribution in [2.45, 2.75) is 13.3 Å². The van der Waals surface area contributed by atoms with Gasteiger partial charge in [0.2, 0.25) is 0 Å². The Hall–Kier alpha value is 0.0300. The molecule has 0 aliphatic carbocycles. The van der Waals surface area contributed by atoms with Gasteiger partial charge in [-0.25, -0.2) is 10.4 Å². The number of phosphoric ester groups is 1. The molecule has 7 heteroatoms. The highest BCUT2D eigenvalue weighted by Gasteiger charge is 2.19. The summed E-state index contributed by atoms with van der Waals surface area (Å²) in [7, 11) is -3.95. The van der Waals surface area contributed by atoms with Crippen molar-refractivity contribution in [1.82, 2.24) is 5.59 Å². The van der Waals surface area contributed by atoms with Crippen LogP contribution in [0.4, 0.5) is 0 Å². The minimum Gasteiger partial charge on any atom is -0.301 e. The van der Waals surface area contributed by atoms with Crippen LogP contribution < -0.4 is 11.4 Å². The van der Waals surface area contributed by atoms with Crippen LogP contribution in [-0.2, 0) is 13.7 Å². The van der Waals surface area contributed by atoms with Gasteiger partial charge >= 0.3 is 7.82 Å². The maximum atomic E-state index is 10.5. The van der Waals surface area contributed by atoms with Crippen molar-refractivity contribution in [3.63, 3.8) is 0 Å². The monoisotopic (exact) mass is 170 g/mol. The molecule has 1 atom stereocenters. The van der Waals surface area contributed by atoms with Gasteiger partial charge in [-0.2, -0.15) is 4.62 Å². The second-order valence-corrected chi connectivity index (χ2v) is 2.89. The Morgan fingerprint density at radius 1 is 1.80 bits per heavy atom. The summed E-state index contributed by atoms with van der Waals surface area (Å²) in [5.74, 6) is 4.60. The average molecular weight is 170 g/mol. The number of rotatable bonds is 5. The summed E-state index contributed by atoms with van der Waals surface area (Å²) in [5, 5.41) is 0. The maximum Gasteiger partial charge on any atom is 0.489 e. The molecule has 62 valence electrons. The molecule has 0 saturated heterocycles. The number of hydrazine groups is 1. The maximum absolute atomic E-state index is 10.5. The van der Waals surface area contributed by atoms with Crippen LogP contribution >= 0.6 is 7.82 Å². The quantitative estimate of drug-likeness (QED) is 0.303. The molecule has 6 nitrogen and oxygen atoms in total. The molecule has 0 aromatic carbocycles. The van der Waals surface area contributed by atoms with Crippen molar-refractivity contribution in [1.29, 1.82) is 0 Å². The van der Waals surface area contributed by atoms with Crippen LogP contribution in [0.25, 0.3) is 0 Å². The predicted molar refractivity (Wildman–Crippen MR) is 34.5 cm³/mol. The summed E-state index contributed by atoms with van der Waals surface area (Å²) in [6, 6.07) is 0. The summed E-state index contributed by atoms with van der Waals surface area (Å²) < 4.78 is 18.9. The zero-order valence-corrected chi connectivity index (χ0v) is 6.51. The Labute approximate surface area is 58.9 Å². The third kappa shape index (κ3) is 4.87. The molecule has 10 heavy (non-hydrogen) atoms. The van der Waals surface area contributed by atoms with E-state index < -0.39 is 7.82 Å². The zero-order chi connectivity index (χ0) is 8.04.